The molecule has 0 aliphatic heterocycles. The van der Waals surface area contributed by atoms with Gasteiger partial charge in [-0.25, -0.2) is 0 Å². The maximum atomic E-state index is 6.11. The van der Waals surface area contributed by atoms with E-state index in [1.807, 2.05) is 0 Å². The van der Waals surface area contributed by atoms with Crippen molar-refractivity contribution in [3.63, 3.8) is 0 Å². The summed E-state index contributed by atoms with van der Waals surface area (Å²) in [5, 5.41) is 0. The highest BCUT2D eigenvalue weighted by Gasteiger charge is 2.37. The predicted molar refractivity (Wildman–Crippen MR) is 71.9 cm³/mol. The van der Waals surface area contributed by atoms with Gasteiger partial charge in [0.1, 0.15) is 0 Å². The first-order valence-electron chi connectivity index (χ1n) is 5.98. The van der Waals surface area contributed by atoms with E-state index in [1.54, 1.807) is 21.3 Å². The number of hydrogen-bond donors (Lipinski definition) is 1. The lowest BCUT2D eigenvalue weighted by atomic mass is 10.1. The standard InChI is InChI=1S/C11H28N2O3Si/c1-10(13(2)3)9-11(12)7-8-17(14-4,15-5)16-6/h10-11H,7-9,12H2,1-6H3. The molecule has 104 valence electrons. The fraction of sp³-hybridized carbons (Fsp3) is 1.00. The van der Waals surface area contributed by atoms with Gasteiger partial charge in [-0.05, 0) is 33.9 Å². The first-order valence-corrected chi connectivity index (χ1v) is 7.91. The van der Waals surface area contributed by atoms with Gasteiger partial charge < -0.3 is 23.9 Å². The molecule has 0 fully saturated rings. The average Bonchev–Trinajstić information content (AvgIpc) is 2.31. The third-order valence-corrected chi connectivity index (χ3v) is 6.05. The molecule has 0 spiro atoms. The minimum atomic E-state index is -2.45. The van der Waals surface area contributed by atoms with E-state index in [-0.39, 0.29) is 6.04 Å². The first kappa shape index (κ1) is 17.0. The Hall–Kier alpha value is 0.0169. The molecule has 0 aromatic rings. The summed E-state index contributed by atoms with van der Waals surface area (Å²) in [6.07, 6.45) is 1.83. The summed E-state index contributed by atoms with van der Waals surface area (Å²) in [7, 11) is 6.58. The molecule has 0 saturated heterocycles. The van der Waals surface area contributed by atoms with Gasteiger partial charge in [-0.15, -0.1) is 0 Å². The quantitative estimate of drug-likeness (QED) is 0.628. The summed E-state index contributed by atoms with van der Waals surface area (Å²) in [5.41, 5.74) is 6.11. The molecule has 0 aliphatic rings. The zero-order valence-corrected chi connectivity index (χ0v) is 13.0. The molecule has 0 saturated carbocycles. The van der Waals surface area contributed by atoms with Crippen LogP contribution in [0.25, 0.3) is 0 Å². The smallest absolute Gasteiger partial charge is 0.377 e. The highest BCUT2D eigenvalue weighted by atomic mass is 28.4. The molecule has 0 amide bonds. The van der Waals surface area contributed by atoms with E-state index in [0.29, 0.717) is 6.04 Å². The van der Waals surface area contributed by atoms with Gasteiger partial charge >= 0.3 is 8.80 Å². The van der Waals surface area contributed by atoms with Gasteiger partial charge in [0.2, 0.25) is 0 Å². The van der Waals surface area contributed by atoms with Crippen LogP contribution in [0.15, 0.2) is 0 Å². The molecule has 17 heavy (non-hydrogen) atoms. The van der Waals surface area contributed by atoms with Crippen LogP contribution < -0.4 is 5.73 Å². The molecule has 0 bridgehead atoms. The van der Waals surface area contributed by atoms with Crippen molar-refractivity contribution in [2.75, 3.05) is 35.4 Å². The van der Waals surface area contributed by atoms with E-state index in [1.165, 1.54) is 0 Å². The summed E-state index contributed by atoms with van der Waals surface area (Å²) < 4.78 is 16.1. The zero-order chi connectivity index (χ0) is 13.5. The van der Waals surface area contributed by atoms with E-state index in [4.69, 9.17) is 19.0 Å². The van der Waals surface area contributed by atoms with Crippen molar-refractivity contribution < 1.29 is 13.3 Å². The number of nitrogens with two attached hydrogens (primary N) is 1. The molecule has 2 unspecified atom stereocenters. The summed E-state index contributed by atoms with van der Waals surface area (Å²) in [4.78, 5) is 2.17. The second-order valence-corrected chi connectivity index (χ2v) is 7.73. The van der Waals surface area contributed by atoms with Gasteiger partial charge in [0, 0.05) is 39.5 Å². The van der Waals surface area contributed by atoms with Crippen LogP contribution in [0.3, 0.4) is 0 Å². The van der Waals surface area contributed by atoms with Crippen molar-refractivity contribution in [3.05, 3.63) is 0 Å². The van der Waals surface area contributed by atoms with Gasteiger partial charge in [-0.2, -0.15) is 0 Å². The van der Waals surface area contributed by atoms with Gasteiger partial charge in [-0.1, -0.05) is 0 Å². The van der Waals surface area contributed by atoms with E-state index in [2.05, 4.69) is 25.9 Å². The fourth-order valence-corrected chi connectivity index (χ4v) is 3.52. The SMILES string of the molecule is CO[Si](CCC(N)CC(C)N(C)C)(OC)OC. The monoisotopic (exact) mass is 264 g/mol. The van der Waals surface area contributed by atoms with Crippen molar-refractivity contribution in [1.29, 1.82) is 0 Å². The van der Waals surface area contributed by atoms with Gasteiger partial charge in [0.15, 0.2) is 0 Å². The lowest BCUT2D eigenvalue weighted by Crippen LogP contribution is -2.44. The van der Waals surface area contributed by atoms with E-state index in [0.717, 1.165) is 18.9 Å². The van der Waals surface area contributed by atoms with Crippen LogP contribution >= 0.6 is 0 Å². The lowest BCUT2D eigenvalue weighted by Gasteiger charge is -2.27. The van der Waals surface area contributed by atoms with Crippen molar-refractivity contribution in [1.82, 2.24) is 4.90 Å². The average molecular weight is 264 g/mol. The Balaban J connectivity index is 4.09. The minimum Gasteiger partial charge on any atom is -0.377 e. The normalized spacial score (nSPS) is 16.2. The molecule has 0 aromatic heterocycles. The van der Waals surface area contributed by atoms with Gasteiger partial charge in [0.05, 0.1) is 0 Å². The maximum absolute atomic E-state index is 6.11. The van der Waals surface area contributed by atoms with E-state index < -0.39 is 8.80 Å². The third kappa shape index (κ3) is 5.94. The predicted octanol–water partition coefficient (Wildman–Crippen LogP) is 0.922. The fourth-order valence-electron chi connectivity index (χ4n) is 1.69. The van der Waals surface area contributed by atoms with Gasteiger partial charge in [0.25, 0.3) is 0 Å². The Morgan fingerprint density at radius 1 is 1.12 bits per heavy atom. The second kappa shape index (κ2) is 8.18. The van der Waals surface area contributed by atoms with Crippen LogP contribution in [0.2, 0.25) is 6.04 Å². The Labute approximate surface area is 107 Å². The maximum Gasteiger partial charge on any atom is 0.500 e. The molecule has 6 heteroatoms. The number of rotatable bonds is 9. The Morgan fingerprint density at radius 2 is 1.59 bits per heavy atom. The van der Waals surface area contributed by atoms with Crippen LogP contribution in [-0.2, 0) is 13.3 Å². The Kier molecular flexibility index (Phi) is 8.19. The van der Waals surface area contributed by atoms with Crippen molar-refractivity contribution in [2.45, 2.75) is 37.9 Å². The number of hydrogen-bond acceptors (Lipinski definition) is 5. The van der Waals surface area contributed by atoms with Crippen LogP contribution in [-0.4, -0.2) is 61.2 Å². The molecule has 2 atom stereocenters. The molecule has 2 N–H and O–H groups in total. The summed E-state index contributed by atoms with van der Waals surface area (Å²) in [5.74, 6) is 0. The summed E-state index contributed by atoms with van der Waals surface area (Å²) in [6.45, 7) is 2.17. The molecule has 0 aliphatic carbocycles. The summed E-state index contributed by atoms with van der Waals surface area (Å²) >= 11 is 0. The molecule has 0 heterocycles. The first-order chi connectivity index (χ1) is 7.90. The molecule has 5 nitrogen and oxygen atoms in total. The van der Waals surface area contributed by atoms with Crippen LogP contribution in [0.4, 0.5) is 0 Å². The Bertz CT molecular complexity index is 193. The topological polar surface area (TPSA) is 57.0 Å². The van der Waals surface area contributed by atoms with Crippen LogP contribution in [0.5, 0.6) is 0 Å². The Morgan fingerprint density at radius 3 is 1.94 bits per heavy atom. The third-order valence-electron chi connectivity index (χ3n) is 3.28. The second-order valence-electron chi connectivity index (χ2n) is 4.64. The van der Waals surface area contributed by atoms with E-state index >= 15 is 0 Å². The van der Waals surface area contributed by atoms with Crippen molar-refractivity contribution in [2.24, 2.45) is 5.73 Å². The van der Waals surface area contributed by atoms with Crippen LogP contribution in [0, 0.1) is 0 Å². The number of nitrogens with zero attached hydrogens (tertiary/aromatic N) is 1. The lowest BCUT2D eigenvalue weighted by molar-refractivity contribution is 0.122. The molecular formula is C11H28N2O3Si. The molecule has 0 radical (unpaired) electrons. The zero-order valence-electron chi connectivity index (χ0n) is 12.0. The van der Waals surface area contributed by atoms with Crippen molar-refractivity contribution in [3.8, 4) is 0 Å². The largest absolute Gasteiger partial charge is 0.500 e. The minimum absolute atomic E-state index is 0.153. The van der Waals surface area contributed by atoms with Gasteiger partial charge in [-0.3, -0.25) is 0 Å². The highest BCUT2D eigenvalue weighted by Crippen LogP contribution is 2.17. The highest BCUT2D eigenvalue weighted by molar-refractivity contribution is 6.60. The van der Waals surface area contributed by atoms with E-state index in [9.17, 15) is 0 Å². The van der Waals surface area contributed by atoms with Crippen LogP contribution in [0.1, 0.15) is 19.8 Å². The molecule has 0 aromatic carbocycles. The molecular weight excluding hydrogens is 236 g/mol. The molecule has 0 rings (SSSR count). The van der Waals surface area contributed by atoms with Crippen molar-refractivity contribution >= 4 is 8.80 Å². The summed E-state index contributed by atoms with van der Waals surface area (Å²) in [6, 6.07) is 1.39.